The molecule has 2 aromatic rings. The molecule has 0 spiro atoms. The molecule has 0 amide bonds. The van der Waals surface area contributed by atoms with Crippen LogP contribution in [0.15, 0.2) is 58.3 Å². The van der Waals surface area contributed by atoms with E-state index in [4.69, 9.17) is 0 Å². The van der Waals surface area contributed by atoms with Crippen molar-refractivity contribution in [1.82, 2.24) is 4.90 Å². The van der Waals surface area contributed by atoms with E-state index >= 15 is 0 Å². The first kappa shape index (κ1) is 14.6. The Bertz CT molecular complexity index is 593. The second-order valence-corrected chi connectivity index (χ2v) is 6.95. The summed E-state index contributed by atoms with van der Waals surface area (Å²) in [6.45, 7) is 0.986. The SMILES string of the molecule is CN(C)CCCC1(O)c2ccccc2Sc2ccccc21. The van der Waals surface area contributed by atoms with E-state index in [1.54, 1.807) is 11.8 Å². The van der Waals surface area contributed by atoms with Crippen LogP contribution in [0.1, 0.15) is 24.0 Å². The van der Waals surface area contributed by atoms with E-state index in [-0.39, 0.29) is 0 Å². The van der Waals surface area contributed by atoms with Crippen molar-refractivity contribution >= 4 is 11.8 Å². The van der Waals surface area contributed by atoms with Crippen molar-refractivity contribution in [1.29, 1.82) is 0 Å². The summed E-state index contributed by atoms with van der Waals surface area (Å²) in [5.74, 6) is 0. The number of nitrogens with zero attached hydrogens (tertiary/aromatic N) is 1. The average Bonchev–Trinajstić information content (AvgIpc) is 2.47. The number of benzene rings is 2. The summed E-state index contributed by atoms with van der Waals surface area (Å²) in [6, 6.07) is 16.5. The van der Waals surface area contributed by atoms with Crippen LogP contribution in [-0.4, -0.2) is 30.6 Å². The third kappa shape index (κ3) is 2.73. The molecular formula is C18H21NOS. The molecule has 1 aliphatic rings. The van der Waals surface area contributed by atoms with E-state index in [1.165, 1.54) is 9.79 Å². The van der Waals surface area contributed by atoms with Crippen LogP contribution in [0.5, 0.6) is 0 Å². The highest BCUT2D eigenvalue weighted by atomic mass is 32.2. The molecule has 0 radical (unpaired) electrons. The van der Waals surface area contributed by atoms with Crippen molar-refractivity contribution in [2.75, 3.05) is 20.6 Å². The zero-order chi connectivity index (χ0) is 14.9. The Labute approximate surface area is 130 Å². The second kappa shape index (κ2) is 5.84. The maximum atomic E-state index is 11.5. The van der Waals surface area contributed by atoms with Gasteiger partial charge in [-0.05, 0) is 45.6 Å². The molecule has 21 heavy (non-hydrogen) atoms. The highest BCUT2D eigenvalue weighted by Crippen LogP contribution is 2.49. The van der Waals surface area contributed by atoms with Gasteiger partial charge in [-0.1, -0.05) is 48.2 Å². The topological polar surface area (TPSA) is 23.5 Å². The molecule has 0 aromatic heterocycles. The molecule has 1 N–H and O–H groups in total. The molecule has 0 fully saturated rings. The van der Waals surface area contributed by atoms with Crippen molar-refractivity contribution in [2.45, 2.75) is 28.2 Å². The summed E-state index contributed by atoms with van der Waals surface area (Å²) in [5, 5.41) is 11.5. The van der Waals surface area contributed by atoms with Crippen LogP contribution in [0.25, 0.3) is 0 Å². The van der Waals surface area contributed by atoms with Gasteiger partial charge in [-0.3, -0.25) is 0 Å². The molecule has 110 valence electrons. The van der Waals surface area contributed by atoms with Gasteiger partial charge in [0.2, 0.25) is 0 Å². The smallest absolute Gasteiger partial charge is 0.117 e. The van der Waals surface area contributed by atoms with Crippen LogP contribution in [0.3, 0.4) is 0 Å². The quantitative estimate of drug-likeness (QED) is 0.930. The highest BCUT2D eigenvalue weighted by Gasteiger charge is 2.38. The molecule has 1 heterocycles. The van der Waals surface area contributed by atoms with Crippen molar-refractivity contribution in [2.24, 2.45) is 0 Å². The van der Waals surface area contributed by atoms with Crippen LogP contribution in [0, 0.1) is 0 Å². The van der Waals surface area contributed by atoms with Crippen LogP contribution >= 0.6 is 11.8 Å². The Morgan fingerprint density at radius 2 is 1.48 bits per heavy atom. The van der Waals surface area contributed by atoms with E-state index in [9.17, 15) is 5.11 Å². The van der Waals surface area contributed by atoms with E-state index in [2.05, 4.69) is 43.3 Å². The minimum atomic E-state index is -0.867. The Balaban J connectivity index is 2.01. The van der Waals surface area contributed by atoms with E-state index in [1.807, 2.05) is 24.3 Å². The summed E-state index contributed by atoms with van der Waals surface area (Å²) in [5.41, 5.74) is 1.23. The largest absolute Gasteiger partial charge is 0.380 e. The van der Waals surface area contributed by atoms with E-state index in [0.29, 0.717) is 0 Å². The molecule has 0 unspecified atom stereocenters. The second-order valence-electron chi connectivity index (χ2n) is 5.86. The number of aliphatic hydroxyl groups is 1. The van der Waals surface area contributed by atoms with E-state index < -0.39 is 5.60 Å². The minimum Gasteiger partial charge on any atom is -0.380 e. The van der Waals surface area contributed by atoms with Gasteiger partial charge < -0.3 is 10.0 Å². The first-order valence-corrected chi connectivity index (χ1v) is 8.17. The molecule has 0 aliphatic carbocycles. The van der Waals surface area contributed by atoms with Gasteiger partial charge in [0.1, 0.15) is 5.60 Å². The van der Waals surface area contributed by atoms with Gasteiger partial charge in [-0.2, -0.15) is 0 Å². The van der Waals surface area contributed by atoms with Crippen molar-refractivity contribution in [3.63, 3.8) is 0 Å². The highest BCUT2D eigenvalue weighted by molar-refractivity contribution is 7.99. The number of hydrogen-bond donors (Lipinski definition) is 1. The van der Waals surface area contributed by atoms with Gasteiger partial charge >= 0.3 is 0 Å². The lowest BCUT2D eigenvalue weighted by Crippen LogP contribution is -2.32. The van der Waals surface area contributed by atoms with Crippen molar-refractivity contribution < 1.29 is 5.11 Å². The van der Waals surface area contributed by atoms with Gasteiger partial charge in [-0.15, -0.1) is 0 Å². The summed E-state index contributed by atoms with van der Waals surface area (Å²) in [4.78, 5) is 4.51. The first-order valence-electron chi connectivity index (χ1n) is 7.35. The van der Waals surface area contributed by atoms with Crippen LogP contribution in [0.4, 0.5) is 0 Å². The minimum absolute atomic E-state index is 0.750. The van der Waals surface area contributed by atoms with Gasteiger partial charge in [0.15, 0.2) is 0 Å². The molecular weight excluding hydrogens is 278 g/mol. The Hall–Kier alpha value is -1.29. The molecule has 2 aromatic carbocycles. The predicted molar refractivity (Wildman–Crippen MR) is 87.8 cm³/mol. The van der Waals surface area contributed by atoms with Gasteiger partial charge in [0.05, 0.1) is 0 Å². The molecule has 3 heteroatoms. The van der Waals surface area contributed by atoms with Gasteiger partial charge in [0, 0.05) is 20.9 Å². The third-order valence-corrected chi connectivity index (χ3v) is 5.18. The standard InChI is InChI=1S/C18H21NOS/c1-19(2)13-7-12-18(20)14-8-3-5-10-16(14)21-17-11-6-4-9-15(17)18/h3-6,8-11,20H,7,12-13H2,1-2H3. The summed E-state index contributed by atoms with van der Waals surface area (Å²) < 4.78 is 0. The number of fused-ring (bicyclic) bond motifs is 2. The zero-order valence-corrected chi connectivity index (χ0v) is 13.4. The van der Waals surface area contributed by atoms with Crippen molar-refractivity contribution in [3.05, 3.63) is 59.7 Å². The summed E-state index contributed by atoms with van der Waals surface area (Å²) in [6.07, 6.45) is 1.72. The van der Waals surface area contributed by atoms with Crippen LogP contribution in [0.2, 0.25) is 0 Å². The predicted octanol–water partition coefficient (Wildman–Crippen LogP) is 3.73. The average molecular weight is 299 g/mol. The van der Waals surface area contributed by atoms with E-state index in [0.717, 1.165) is 30.5 Å². The lowest BCUT2D eigenvalue weighted by Gasteiger charge is -2.36. The number of rotatable bonds is 4. The molecule has 3 rings (SSSR count). The lowest BCUT2D eigenvalue weighted by atomic mass is 9.82. The molecule has 0 saturated heterocycles. The summed E-state index contributed by atoms with van der Waals surface area (Å²) >= 11 is 1.75. The monoisotopic (exact) mass is 299 g/mol. The van der Waals surface area contributed by atoms with Crippen LogP contribution in [-0.2, 0) is 5.60 Å². The van der Waals surface area contributed by atoms with Crippen LogP contribution < -0.4 is 0 Å². The molecule has 0 atom stereocenters. The van der Waals surface area contributed by atoms with Crippen molar-refractivity contribution in [3.8, 4) is 0 Å². The summed E-state index contributed by atoms with van der Waals surface area (Å²) in [7, 11) is 4.14. The maximum Gasteiger partial charge on any atom is 0.117 e. The molecule has 0 saturated carbocycles. The molecule has 0 bridgehead atoms. The van der Waals surface area contributed by atoms with Gasteiger partial charge in [-0.25, -0.2) is 0 Å². The Morgan fingerprint density at radius 3 is 2.00 bits per heavy atom. The maximum absolute atomic E-state index is 11.5. The fourth-order valence-corrected chi connectivity index (χ4v) is 4.20. The lowest BCUT2D eigenvalue weighted by molar-refractivity contribution is 0.0600. The first-order chi connectivity index (χ1) is 10.1. The number of hydrogen-bond acceptors (Lipinski definition) is 3. The fourth-order valence-electron chi connectivity index (χ4n) is 2.98. The third-order valence-electron chi connectivity index (χ3n) is 4.03. The Kier molecular flexibility index (Phi) is 4.07. The zero-order valence-electron chi connectivity index (χ0n) is 12.5. The molecule has 2 nitrogen and oxygen atoms in total. The fraction of sp³-hybridized carbons (Fsp3) is 0.333. The Morgan fingerprint density at radius 1 is 0.952 bits per heavy atom. The normalized spacial score (nSPS) is 15.6. The van der Waals surface area contributed by atoms with Gasteiger partial charge in [0.25, 0.3) is 0 Å². The molecule has 1 aliphatic heterocycles.